The summed E-state index contributed by atoms with van der Waals surface area (Å²) in [5.74, 6) is 0.929. The normalized spacial score (nSPS) is 26.5. The van der Waals surface area contributed by atoms with Crippen molar-refractivity contribution in [2.45, 2.75) is 57.9 Å². The number of hydrogen-bond acceptors (Lipinski definition) is 1. The molecular formula is C17H26BrN. The van der Waals surface area contributed by atoms with Crippen molar-refractivity contribution in [3.63, 3.8) is 0 Å². The van der Waals surface area contributed by atoms with E-state index in [9.17, 15) is 0 Å². The fraction of sp³-hybridized carbons (Fsp3) is 0.647. The lowest BCUT2D eigenvalue weighted by atomic mass is 9.57. The molecule has 0 atom stereocenters. The molecule has 0 aliphatic heterocycles. The van der Waals surface area contributed by atoms with Crippen LogP contribution in [0.4, 0.5) is 0 Å². The maximum Gasteiger partial charge on any atom is 0.0178 e. The van der Waals surface area contributed by atoms with E-state index in [1.165, 1.54) is 35.7 Å². The number of benzene rings is 1. The number of rotatable bonds is 6. The fourth-order valence-electron chi connectivity index (χ4n) is 3.36. The minimum Gasteiger partial charge on any atom is -0.314 e. The van der Waals surface area contributed by atoms with Gasteiger partial charge in [-0.3, -0.25) is 0 Å². The molecule has 0 heterocycles. The smallest absolute Gasteiger partial charge is 0.0178 e. The molecule has 2 rings (SSSR count). The Hall–Kier alpha value is -0.340. The van der Waals surface area contributed by atoms with Crippen molar-refractivity contribution in [3.8, 4) is 0 Å². The van der Waals surface area contributed by atoms with E-state index >= 15 is 0 Å². The van der Waals surface area contributed by atoms with Gasteiger partial charge in [-0.2, -0.15) is 0 Å². The van der Waals surface area contributed by atoms with Gasteiger partial charge in [0.25, 0.3) is 0 Å². The van der Waals surface area contributed by atoms with Gasteiger partial charge in [0.05, 0.1) is 0 Å². The van der Waals surface area contributed by atoms with Crippen LogP contribution in [0.15, 0.2) is 28.7 Å². The summed E-state index contributed by atoms with van der Waals surface area (Å²) < 4.78 is 1.20. The zero-order valence-electron chi connectivity index (χ0n) is 12.4. The highest BCUT2D eigenvalue weighted by Crippen LogP contribution is 2.49. The van der Waals surface area contributed by atoms with Crippen LogP contribution in [0.25, 0.3) is 0 Å². The molecule has 106 valence electrons. The Morgan fingerprint density at radius 1 is 1.37 bits per heavy atom. The lowest BCUT2D eigenvalue weighted by Crippen LogP contribution is -2.49. The molecule has 1 fully saturated rings. The summed E-state index contributed by atoms with van der Waals surface area (Å²) in [4.78, 5) is 0. The molecule has 1 aliphatic carbocycles. The molecule has 1 saturated carbocycles. The Bertz CT molecular complexity index is 407. The fourth-order valence-corrected chi connectivity index (χ4v) is 3.76. The molecule has 1 aromatic rings. The first-order valence-corrected chi connectivity index (χ1v) is 8.34. The Morgan fingerprint density at radius 2 is 2.11 bits per heavy atom. The minimum absolute atomic E-state index is 0.369. The highest BCUT2D eigenvalue weighted by Gasteiger charge is 2.44. The molecular weight excluding hydrogens is 298 g/mol. The molecule has 1 nitrogen and oxygen atoms in total. The Balaban J connectivity index is 2.12. The summed E-state index contributed by atoms with van der Waals surface area (Å²) in [5, 5.41) is 3.65. The largest absolute Gasteiger partial charge is 0.314 e. The molecule has 1 aromatic carbocycles. The van der Waals surface area contributed by atoms with Gasteiger partial charge in [0.15, 0.2) is 0 Å². The molecule has 2 heteroatoms. The number of halogens is 1. The highest BCUT2D eigenvalue weighted by molar-refractivity contribution is 9.10. The van der Waals surface area contributed by atoms with Gasteiger partial charge in [-0.05, 0) is 36.5 Å². The van der Waals surface area contributed by atoms with E-state index in [0.717, 1.165) is 12.5 Å². The zero-order chi connectivity index (χ0) is 13.9. The number of nitrogens with one attached hydrogen (secondary N) is 1. The predicted molar refractivity (Wildman–Crippen MR) is 86.6 cm³/mol. The van der Waals surface area contributed by atoms with Gasteiger partial charge in [-0.1, -0.05) is 61.7 Å². The van der Waals surface area contributed by atoms with E-state index in [1.54, 1.807) is 0 Å². The second-order valence-corrected chi connectivity index (χ2v) is 7.30. The van der Waals surface area contributed by atoms with E-state index in [4.69, 9.17) is 0 Å². The standard InChI is InChI=1S/C17H26BrN/c1-4-6-14-10-17(11-14,12-19-13(2)3)15-7-5-8-16(18)9-15/h5,7-9,13-14,19H,4,6,10-12H2,1-3H3. The first kappa shape index (κ1) is 15.1. The molecule has 0 aromatic heterocycles. The van der Waals surface area contributed by atoms with Crippen LogP contribution < -0.4 is 5.32 Å². The van der Waals surface area contributed by atoms with Crippen molar-refractivity contribution in [3.05, 3.63) is 34.3 Å². The van der Waals surface area contributed by atoms with E-state index < -0.39 is 0 Å². The summed E-state index contributed by atoms with van der Waals surface area (Å²) >= 11 is 3.61. The van der Waals surface area contributed by atoms with Crippen LogP contribution in [0, 0.1) is 5.92 Å². The van der Waals surface area contributed by atoms with Crippen molar-refractivity contribution in [1.82, 2.24) is 5.32 Å². The van der Waals surface area contributed by atoms with Crippen LogP contribution in [0.5, 0.6) is 0 Å². The van der Waals surface area contributed by atoms with Gasteiger partial charge in [0, 0.05) is 22.5 Å². The van der Waals surface area contributed by atoms with Crippen molar-refractivity contribution in [2.24, 2.45) is 5.92 Å². The zero-order valence-corrected chi connectivity index (χ0v) is 14.0. The van der Waals surface area contributed by atoms with Gasteiger partial charge in [0.1, 0.15) is 0 Å². The molecule has 0 amide bonds. The average Bonchev–Trinajstić information content (AvgIpc) is 2.31. The van der Waals surface area contributed by atoms with Gasteiger partial charge >= 0.3 is 0 Å². The third kappa shape index (κ3) is 3.61. The van der Waals surface area contributed by atoms with Crippen molar-refractivity contribution in [2.75, 3.05) is 6.54 Å². The second-order valence-electron chi connectivity index (χ2n) is 6.39. The SMILES string of the molecule is CCCC1CC(CNC(C)C)(c2cccc(Br)c2)C1. The third-order valence-corrected chi connectivity index (χ3v) is 4.83. The highest BCUT2D eigenvalue weighted by atomic mass is 79.9. The monoisotopic (exact) mass is 323 g/mol. The predicted octanol–water partition coefficient (Wildman–Crippen LogP) is 4.90. The molecule has 0 unspecified atom stereocenters. The molecule has 0 saturated heterocycles. The molecule has 0 spiro atoms. The molecule has 0 bridgehead atoms. The second kappa shape index (κ2) is 6.41. The Kier molecular flexibility index (Phi) is 5.08. The molecule has 0 radical (unpaired) electrons. The van der Waals surface area contributed by atoms with Crippen LogP contribution in [0.2, 0.25) is 0 Å². The van der Waals surface area contributed by atoms with E-state index in [-0.39, 0.29) is 0 Å². The number of hydrogen-bond donors (Lipinski definition) is 1. The lowest BCUT2D eigenvalue weighted by Gasteiger charge is -2.49. The lowest BCUT2D eigenvalue weighted by molar-refractivity contribution is 0.126. The van der Waals surface area contributed by atoms with Crippen LogP contribution in [0.1, 0.15) is 52.0 Å². The van der Waals surface area contributed by atoms with Crippen molar-refractivity contribution >= 4 is 15.9 Å². The van der Waals surface area contributed by atoms with Gasteiger partial charge in [0.2, 0.25) is 0 Å². The maximum atomic E-state index is 3.65. The van der Waals surface area contributed by atoms with E-state index in [2.05, 4.69) is 66.3 Å². The van der Waals surface area contributed by atoms with E-state index in [1.807, 2.05) is 0 Å². The quantitative estimate of drug-likeness (QED) is 0.785. The Labute approximate surface area is 126 Å². The van der Waals surface area contributed by atoms with Crippen molar-refractivity contribution < 1.29 is 0 Å². The van der Waals surface area contributed by atoms with E-state index in [0.29, 0.717) is 11.5 Å². The first-order valence-electron chi connectivity index (χ1n) is 7.55. The van der Waals surface area contributed by atoms with Crippen LogP contribution >= 0.6 is 15.9 Å². The minimum atomic E-state index is 0.369. The first-order chi connectivity index (χ1) is 9.05. The average molecular weight is 324 g/mol. The van der Waals surface area contributed by atoms with Crippen molar-refractivity contribution in [1.29, 1.82) is 0 Å². The summed E-state index contributed by atoms with van der Waals surface area (Å²) in [7, 11) is 0. The topological polar surface area (TPSA) is 12.0 Å². The third-order valence-electron chi connectivity index (χ3n) is 4.34. The molecule has 1 N–H and O–H groups in total. The summed E-state index contributed by atoms with van der Waals surface area (Å²) in [6, 6.07) is 9.46. The molecule has 1 aliphatic rings. The summed E-state index contributed by atoms with van der Waals surface area (Å²) in [5.41, 5.74) is 1.87. The maximum absolute atomic E-state index is 3.65. The van der Waals surface area contributed by atoms with Gasteiger partial charge < -0.3 is 5.32 Å². The summed E-state index contributed by atoms with van der Waals surface area (Å²) in [6.45, 7) is 7.88. The summed E-state index contributed by atoms with van der Waals surface area (Å²) in [6.07, 6.45) is 5.39. The Morgan fingerprint density at radius 3 is 2.68 bits per heavy atom. The van der Waals surface area contributed by atoms with Crippen LogP contribution in [0.3, 0.4) is 0 Å². The van der Waals surface area contributed by atoms with Gasteiger partial charge in [-0.15, -0.1) is 0 Å². The van der Waals surface area contributed by atoms with Crippen LogP contribution in [-0.4, -0.2) is 12.6 Å². The van der Waals surface area contributed by atoms with Crippen LogP contribution in [-0.2, 0) is 5.41 Å². The molecule has 19 heavy (non-hydrogen) atoms. The van der Waals surface area contributed by atoms with Gasteiger partial charge in [-0.25, -0.2) is 0 Å².